The van der Waals surface area contributed by atoms with E-state index >= 15 is 0 Å². The summed E-state index contributed by atoms with van der Waals surface area (Å²) in [6.07, 6.45) is 0.571. The summed E-state index contributed by atoms with van der Waals surface area (Å²) in [7, 11) is 0. The van der Waals surface area contributed by atoms with Crippen molar-refractivity contribution in [2.75, 3.05) is 6.54 Å². The smallest absolute Gasteiger partial charge is 0.238 e. The molecule has 7 heteroatoms. The summed E-state index contributed by atoms with van der Waals surface area (Å²) >= 11 is 3.18. The Kier molecular flexibility index (Phi) is 3.52. The number of carbonyl (C=O) groups is 2. The van der Waals surface area contributed by atoms with Crippen molar-refractivity contribution in [1.29, 1.82) is 0 Å². The number of likely N-dealkylation sites (tertiary alicyclic amines) is 1. The zero-order valence-corrected chi connectivity index (χ0v) is 12.8. The highest BCUT2D eigenvalue weighted by atomic mass is 79.9. The van der Waals surface area contributed by atoms with Gasteiger partial charge < -0.3 is 4.52 Å². The molecule has 0 aliphatic carbocycles. The summed E-state index contributed by atoms with van der Waals surface area (Å²) in [5.74, 6) is -1.68. The average Bonchev–Trinajstić information content (AvgIpc) is 2.83. The Morgan fingerprint density at radius 2 is 2.24 bits per heavy atom. The van der Waals surface area contributed by atoms with Crippen molar-refractivity contribution in [3.8, 4) is 0 Å². The van der Waals surface area contributed by atoms with Crippen LogP contribution in [0.3, 0.4) is 0 Å². The number of amides is 2. The fraction of sp³-hybridized carbons (Fsp3) is 0.357. The van der Waals surface area contributed by atoms with Gasteiger partial charge in [-0.1, -0.05) is 21.1 Å². The van der Waals surface area contributed by atoms with E-state index < -0.39 is 11.7 Å². The molecule has 0 saturated carbocycles. The van der Waals surface area contributed by atoms with Gasteiger partial charge in [-0.05, 0) is 25.5 Å². The number of nitrogens with zero attached hydrogens (tertiary/aromatic N) is 2. The largest absolute Gasteiger partial charge is 0.356 e. The third kappa shape index (κ3) is 2.25. The first kappa shape index (κ1) is 14.2. The monoisotopic (exact) mass is 354 g/mol. The maximum absolute atomic E-state index is 14.2. The highest BCUT2D eigenvalue weighted by Gasteiger charge is 2.37. The molecule has 2 aromatic rings. The Morgan fingerprint density at radius 1 is 1.48 bits per heavy atom. The molecule has 2 heterocycles. The van der Waals surface area contributed by atoms with Crippen LogP contribution in [0.25, 0.3) is 11.0 Å². The first-order valence-corrected chi connectivity index (χ1v) is 7.40. The Hall–Kier alpha value is -1.76. The number of aromatic nitrogens is 1. The van der Waals surface area contributed by atoms with Gasteiger partial charge in [-0.2, -0.15) is 0 Å². The summed E-state index contributed by atoms with van der Waals surface area (Å²) in [5, 5.41) is 4.08. The molecule has 0 spiro atoms. The minimum atomic E-state index is -0.639. The lowest BCUT2D eigenvalue weighted by molar-refractivity contribution is -0.149. The van der Waals surface area contributed by atoms with Crippen LogP contribution in [-0.4, -0.2) is 28.4 Å². The predicted octanol–water partition coefficient (Wildman–Crippen LogP) is 2.98. The molecule has 1 aromatic carbocycles. The molecule has 110 valence electrons. The van der Waals surface area contributed by atoms with Gasteiger partial charge >= 0.3 is 0 Å². The molecular weight excluding hydrogens is 343 g/mol. The van der Waals surface area contributed by atoms with Crippen molar-refractivity contribution in [3.63, 3.8) is 0 Å². The lowest BCUT2D eigenvalue weighted by Gasteiger charge is -2.28. The second-order valence-electron chi connectivity index (χ2n) is 4.90. The van der Waals surface area contributed by atoms with Crippen LogP contribution in [0.1, 0.15) is 31.4 Å². The average molecular weight is 355 g/mol. The molecule has 0 bridgehead atoms. The standard InChI is InChI=1S/C14H12BrFN2O3/c1-2-18-11(19)4-3-8(14(18)20)13-12-9(16)5-7(15)6-10(12)21-17-13/h5-6,8H,2-4H2,1H3. The van der Waals surface area contributed by atoms with Crippen LogP contribution in [0.4, 0.5) is 4.39 Å². The number of carbonyl (C=O) groups excluding carboxylic acids is 2. The Bertz CT molecular complexity index is 743. The fourth-order valence-corrected chi connectivity index (χ4v) is 3.08. The number of rotatable bonds is 2. The molecule has 0 N–H and O–H groups in total. The molecule has 21 heavy (non-hydrogen) atoms. The number of hydrogen-bond acceptors (Lipinski definition) is 4. The summed E-state index contributed by atoms with van der Waals surface area (Å²) in [6.45, 7) is 2.04. The third-order valence-electron chi connectivity index (χ3n) is 3.68. The van der Waals surface area contributed by atoms with Crippen molar-refractivity contribution in [3.05, 3.63) is 28.1 Å². The third-order valence-corrected chi connectivity index (χ3v) is 4.13. The predicted molar refractivity (Wildman–Crippen MR) is 76.0 cm³/mol. The second kappa shape index (κ2) is 5.22. The van der Waals surface area contributed by atoms with Gasteiger partial charge in [0, 0.05) is 17.4 Å². The minimum absolute atomic E-state index is 0.199. The van der Waals surface area contributed by atoms with Crippen LogP contribution in [0.15, 0.2) is 21.1 Å². The summed E-state index contributed by atoms with van der Waals surface area (Å²) < 4.78 is 19.8. The van der Waals surface area contributed by atoms with Gasteiger partial charge in [0.1, 0.15) is 11.5 Å². The van der Waals surface area contributed by atoms with E-state index in [9.17, 15) is 14.0 Å². The molecule has 1 fully saturated rings. The highest BCUT2D eigenvalue weighted by Crippen LogP contribution is 2.35. The Labute approximate surface area is 128 Å². The van der Waals surface area contributed by atoms with Crippen LogP contribution in [-0.2, 0) is 9.59 Å². The van der Waals surface area contributed by atoms with Gasteiger partial charge in [-0.3, -0.25) is 14.5 Å². The van der Waals surface area contributed by atoms with Crippen molar-refractivity contribution in [1.82, 2.24) is 10.1 Å². The first-order chi connectivity index (χ1) is 10.0. The zero-order chi connectivity index (χ0) is 15.1. The molecule has 1 unspecified atom stereocenters. The van der Waals surface area contributed by atoms with E-state index in [1.54, 1.807) is 13.0 Å². The summed E-state index contributed by atoms with van der Waals surface area (Å²) in [4.78, 5) is 25.3. The topological polar surface area (TPSA) is 63.4 Å². The van der Waals surface area contributed by atoms with Crippen molar-refractivity contribution >= 4 is 38.7 Å². The van der Waals surface area contributed by atoms with Crippen LogP contribution < -0.4 is 0 Å². The maximum atomic E-state index is 14.2. The lowest BCUT2D eigenvalue weighted by Crippen LogP contribution is -2.44. The maximum Gasteiger partial charge on any atom is 0.238 e. The molecule has 3 rings (SSSR count). The number of piperidine rings is 1. The summed E-state index contributed by atoms with van der Waals surface area (Å²) in [5.41, 5.74) is 0.551. The molecule has 1 atom stereocenters. The van der Waals surface area contributed by atoms with Crippen LogP contribution in [0, 0.1) is 5.82 Å². The molecule has 0 radical (unpaired) electrons. The molecular formula is C14H12BrFN2O3. The van der Waals surface area contributed by atoms with E-state index in [1.165, 1.54) is 11.0 Å². The van der Waals surface area contributed by atoms with Gasteiger partial charge in [-0.15, -0.1) is 0 Å². The van der Waals surface area contributed by atoms with E-state index in [-0.39, 0.29) is 34.9 Å². The van der Waals surface area contributed by atoms with Crippen LogP contribution in [0.2, 0.25) is 0 Å². The number of hydrogen-bond donors (Lipinski definition) is 0. The van der Waals surface area contributed by atoms with Crippen LogP contribution in [0.5, 0.6) is 0 Å². The van der Waals surface area contributed by atoms with Crippen molar-refractivity contribution in [2.45, 2.75) is 25.7 Å². The quantitative estimate of drug-likeness (QED) is 0.777. The van der Waals surface area contributed by atoms with Gasteiger partial charge in [-0.25, -0.2) is 4.39 Å². The first-order valence-electron chi connectivity index (χ1n) is 6.61. The normalized spacial score (nSPS) is 19.6. The molecule has 1 aliphatic rings. The van der Waals surface area contributed by atoms with Gasteiger partial charge in [0.2, 0.25) is 11.8 Å². The molecule has 5 nitrogen and oxygen atoms in total. The number of likely N-dealkylation sites (N-methyl/N-ethyl adjacent to an activating group) is 1. The lowest BCUT2D eigenvalue weighted by atomic mass is 9.91. The zero-order valence-electron chi connectivity index (χ0n) is 11.2. The van der Waals surface area contributed by atoms with E-state index in [0.29, 0.717) is 17.4 Å². The number of imide groups is 1. The molecule has 1 saturated heterocycles. The number of benzene rings is 1. The Balaban J connectivity index is 2.09. The molecule has 2 amide bonds. The van der Waals surface area contributed by atoms with Gasteiger partial charge in [0.05, 0.1) is 11.3 Å². The van der Waals surface area contributed by atoms with Gasteiger partial charge in [0.25, 0.3) is 0 Å². The van der Waals surface area contributed by atoms with E-state index in [0.717, 1.165) is 0 Å². The SMILES string of the molecule is CCN1C(=O)CCC(c2noc3cc(Br)cc(F)c23)C1=O. The van der Waals surface area contributed by atoms with Crippen LogP contribution >= 0.6 is 15.9 Å². The second-order valence-corrected chi connectivity index (χ2v) is 5.81. The van der Waals surface area contributed by atoms with E-state index in [1.807, 2.05) is 0 Å². The van der Waals surface area contributed by atoms with E-state index in [2.05, 4.69) is 21.1 Å². The number of fused-ring (bicyclic) bond motifs is 1. The van der Waals surface area contributed by atoms with Crippen molar-refractivity contribution in [2.24, 2.45) is 0 Å². The number of halogens is 2. The highest BCUT2D eigenvalue weighted by molar-refractivity contribution is 9.10. The molecule has 1 aromatic heterocycles. The van der Waals surface area contributed by atoms with E-state index in [4.69, 9.17) is 4.52 Å². The van der Waals surface area contributed by atoms with Crippen molar-refractivity contribution < 1.29 is 18.5 Å². The van der Waals surface area contributed by atoms with Gasteiger partial charge in [0.15, 0.2) is 5.58 Å². The summed E-state index contributed by atoms with van der Waals surface area (Å²) in [6, 6.07) is 2.91. The fourth-order valence-electron chi connectivity index (χ4n) is 2.68. The Morgan fingerprint density at radius 3 is 2.95 bits per heavy atom. The minimum Gasteiger partial charge on any atom is -0.356 e. The molecule has 1 aliphatic heterocycles.